The van der Waals surface area contributed by atoms with Gasteiger partial charge in [0.05, 0.1) is 18.4 Å². The molecule has 1 aliphatic heterocycles. The van der Waals surface area contributed by atoms with Gasteiger partial charge in [0.25, 0.3) is 0 Å². The second kappa shape index (κ2) is 2.26. The van der Waals surface area contributed by atoms with E-state index in [4.69, 9.17) is 0 Å². The first kappa shape index (κ1) is 7.01. The average molecular weight is 144 g/mol. The molecule has 0 aromatic heterocycles. The zero-order valence-electron chi connectivity index (χ0n) is 5.07. The van der Waals surface area contributed by atoms with Gasteiger partial charge in [0.1, 0.15) is 12.1 Å². The Morgan fingerprint density at radius 2 is 1.50 bits per heavy atom. The summed E-state index contributed by atoms with van der Waals surface area (Å²) in [6, 6.07) is -1.38. The van der Waals surface area contributed by atoms with E-state index >= 15 is 0 Å². The van der Waals surface area contributed by atoms with Crippen LogP contribution in [0.1, 0.15) is 6.42 Å². The molecule has 0 aliphatic carbocycles. The van der Waals surface area contributed by atoms with Crippen LogP contribution in [0.3, 0.4) is 0 Å². The molecule has 0 bridgehead atoms. The molecule has 1 heterocycles. The van der Waals surface area contributed by atoms with Crippen molar-refractivity contribution in [2.45, 2.75) is 18.5 Å². The maximum absolute atomic E-state index is 9.99. The van der Waals surface area contributed by atoms with E-state index in [-0.39, 0.29) is 6.42 Å². The second-order valence-electron chi connectivity index (χ2n) is 2.28. The van der Waals surface area contributed by atoms with Gasteiger partial charge in [-0.1, -0.05) is 0 Å². The number of rotatable bonds is 2. The number of carboxylic acids is 2. The van der Waals surface area contributed by atoms with Crippen molar-refractivity contribution in [3.63, 3.8) is 0 Å². The molecule has 56 valence electrons. The summed E-state index contributed by atoms with van der Waals surface area (Å²) in [4.78, 5) is 20.0. The Morgan fingerprint density at radius 1 is 1.20 bits per heavy atom. The van der Waals surface area contributed by atoms with Crippen molar-refractivity contribution < 1.29 is 25.1 Å². The van der Waals surface area contributed by atoms with Crippen LogP contribution in [0.15, 0.2) is 0 Å². The van der Waals surface area contributed by atoms with Crippen LogP contribution in [0, 0.1) is 0 Å². The third-order valence-corrected chi connectivity index (χ3v) is 1.58. The van der Waals surface area contributed by atoms with Gasteiger partial charge in [0.15, 0.2) is 0 Å². The van der Waals surface area contributed by atoms with E-state index in [2.05, 4.69) is 0 Å². The van der Waals surface area contributed by atoms with Crippen molar-refractivity contribution in [3.8, 4) is 0 Å². The molecular formula is C5H6NO4-. The Morgan fingerprint density at radius 3 is 1.70 bits per heavy atom. The first-order valence-electron chi connectivity index (χ1n) is 2.88. The summed E-state index contributed by atoms with van der Waals surface area (Å²) in [5, 5.41) is 21.2. The Labute approximate surface area is 56.7 Å². The van der Waals surface area contributed by atoms with Crippen LogP contribution in [0.5, 0.6) is 0 Å². The standard InChI is InChI=1S/C5H7NO4/c7-4(8)2-1-3(6-2)5(9)10/h2-3,6H,1H2,(H,7,8)(H,9,10)/p-1/t2-,3-/m1/s1. The van der Waals surface area contributed by atoms with Gasteiger partial charge in [-0.2, -0.15) is 0 Å². The number of aliphatic carboxylic acids is 2. The van der Waals surface area contributed by atoms with Crippen LogP contribution in [0.25, 0.3) is 0 Å². The molecule has 5 nitrogen and oxygen atoms in total. The number of hydrogen-bond acceptors (Lipinski definition) is 4. The molecule has 1 aliphatic rings. The van der Waals surface area contributed by atoms with E-state index in [1.54, 1.807) is 0 Å². The van der Waals surface area contributed by atoms with Crippen LogP contribution >= 0.6 is 0 Å². The number of nitrogens with two attached hydrogens (primary N) is 1. The monoisotopic (exact) mass is 144 g/mol. The van der Waals surface area contributed by atoms with Gasteiger partial charge in [-0.3, -0.25) is 0 Å². The van der Waals surface area contributed by atoms with Gasteiger partial charge in [0, 0.05) is 0 Å². The summed E-state index contributed by atoms with van der Waals surface area (Å²) in [7, 11) is 0. The van der Waals surface area contributed by atoms with Crippen molar-refractivity contribution in [2.24, 2.45) is 0 Å². The molecule has 2 N–H and O–H groups in total. The SMILES string of the molecule is O=C([O-])[C@H]1C[C@H](C(=O)[O-])[NH2+]1. The molecule has 0 spiro atoms. The zero-order valence-corrected chi connectivity index (χ0v) is 5.07. The fraction of sp³-hybridized carbons (Fsp3) is 0.600. The zero-order chi connectivity index (χ0) is 7.72. The van der Waals surface area contributed by atoms with Gasteiger partial charge < -0.3 is 25.1 Å². The fourth-order valence-electron chi connectivity index (χ4n) is 0.865. The lowest BCUT2D eigenvalue weighted by Crippen LogP contribution is -3.08. The lowest BCUT2D eigenvalue weighted by Gasteiger charge is -2.33. The van der Waals surface area contributed by atoms with Crippen LogP contribution < -0.4 is 15.5 Å². The molecule has 0 radical (unpaired) electrons. The number of hydrogen-bond donors (Lipinski definition) is 1. The normalized spacial score (nSPS) is 30.8. The van der Waals surface area contributed by atoms with E-state index in [9.17, 15) is 19.8 Å². The van der Waals surface area contributed by atoms with Crippen molar-refractivity contribution >= 4 is 11.9 Å². The fourth-order valence-corrected chi connectivity index (χ4v) is 0.865. The number of carbonyl (C=O) groups excluding carboxylic acids is 2. The third kappa shape index (κ3) is 1.08. The number of carbonyl (C=O) groups is 2. The summed E-state index contributed by atoms with van der Waals surface area (Å²) in [5.41, 5.74) is 0. The molecular weight excluding hydrogens is 138 g/mol. The molecule has 1 fully saturated rings. The molecule has 0 amide bonds. The van der Waals surface area contributed by atoms with Crippen molar-refractivity contribution in [1.29, 1.82) is 0 Å². The highest BCUT2D eigenvalue weighted by atomic mass is 16.4. The second-order valence-corrected chi connectivity index (χ2v) is 2.28. The van der Waals surface area contributed by atoms with Crippen molar-refractivity contribution in [3.05, 3.63) is 0 Å². The molecule has 0 unspecified atom stereocenters. The van der Waals surface area contributed by atoms with E-state index in [1.165, 1.54) is 5.32 Å². The Balaban J connectivity index is 2.31. The summed E-state index contributed by atoms with van der Waals surface area (Å²) < 4.78 is 0. The van der Waals surface area contributed by atoms with Crippen molar-refractivity contribution in [1.82, 2.24) is 0 Å². The summed E-state index contributed by atoms with van der Waals surface area (Å²) >= 11 is 0. The molecule has 5 heteroatoms. The minimum absolute atomic E-state index is 0.116. The molecule has 0 aromatic carbocycles. The molecule has 0 saturated carbocycles. The Hall–Kier alpha value is -1.10. The topological polar surface area (TPSA) is 96.9 Å². The minimum atomic E-state index is -1.21. The quantitative estimate of drug-likeness (QED) is 0.420. The highest BCUT2D eigenvalue weighted by Crippen LogP contribution is 1.98. The van der Waals surface area contributed by atoms with Crippen LogP contribution in [-0.4, -0.2) is 24.0 Å². The molecule has 2 atom stereocenters. The largest absolute Gasteiger partial charge is 0.544 e. The number of quaternary nitrogens is 1. The van der Waals surface area contributed by atoms with Gasteiger partial charge >= 0.3 is 0 Å². The lowest BCUT2D eigenvalue weighted by atomic mass is 9.98. The predicted octanol–water partition coefficient (Wildman–Crippen LogP) is -4.81. The van der Waals surface area contributed by atoms with E-state index < -0.39 is 24.0 Å². The summed E-state index contributed by atoms with van der Waals surface area (Å²) in [6.45, 7) is 0. The molecule has 1 saturated heterocycles. The third-order valence-electron chi connectivity index (χ3n) is 1.58. The van der Waals surface area contributed by atoms with E-state index in [1.807, 2.05) is 0 Å². The smallest absolute Gasteiger partial charge is 0.133 e. The van der Waals surface area contributed by atoms with Crippen molar-refractivity contribution in [2.75, 3.05) is 0 Å². The maximum Gasteiger partial charge on any atom is 0.133 e. The average Bonchev–Trinajstić information content (AvgIpc) is 1.56. The molecule has 1 rings (SSSR count). The lowest BCUT2D eigenvalue weighted by molar-refractivity contribution is -0.763. The maximum atomic E-state index is 9.99. The molecule has 10 heavy (non-hydrogen) atoms. The molecule has 0 aromatic rings. The van der Waals surface area contributed by atoms with Gasteiger partial charge in [0.2, 0.25) is 0 Å². The van der Waals surface area contributed by atoms with Gasteiger partial charge in [-0.05, 0) is 0 Å². The van der Waals surface area contributed by atoms with E-state index in [0.717, 1.165) is 0 Å². The number of carboxylic acid groups (broad SMARTS) is 2. The van der Waals surface area contributed by atoms with Crippen LogP contribution in [0.4, 0.5) is 0 Å². The Kier molecular flexibility index (Phi) is 1.58. The predicted molar refractivity (Wildman–Crippen MR) is 24.1 cm³/mol. The first-order chi connectivity index (χ1) is 4.61. The highest BCUT2D eigenvalue weighted by Gasteiger charge is 2.34. The first-order valence-corrected chi connectivity index (χ1v) is 2.88. The summed E-state index contributed by atoms with van der Waals surface area (Å²) in [6.07, 6.45) is 0.116. The Bertz CT molecular complexity index is 154. The van der Waals surface area contributed by atoms with E-state index in [0.29, 0.717) is 0 Å². The summed E-state index contributed by atoms with van der Waals surface area (Å²) in [5.74, 6) is -2.42. The van der Waals surface area contributed by atoms with Gasteiger partial charge in [-0.25, -0.2) is 0 Å². The minimum Gasteiger partial charge on any atom is -0.544 e. The van der Waals surface area contributed by atoms with Crippen LogP contribution in [-0.2, 0) is 9.59 Å². The highest BCUT2D eigenvalue weighted by molar-refractivity contribution is 5.76. The van der Waals surface area contributed by atoms with Crippen LogP contribution in [0.2, 0.25) is 0 Å². The van der Waals surface area contributed by atoms with Gasteiger partial charge in [-0.15, -0.1) is 0 Å².